The maximum atomic E-state index is 11.0. The summed E-state index contributed by atoms with van der Waals surface area (Å²) in [5, 5.41) is 9.06. The Morgan fingerprint density at radius 2 is 1.48 bits per heavy atom. The highest BCUT2D eigenvalue weighted by Gasteiger charge is 2.16. The van der Waals surface area contributed by atoms with Crippen LogP contribution in [0.3, 0.4) is 0 Å². The largest absolute Gasteiger partial charge is 0.478 e. The first-order valence-electron chi connectivity index (χ1n) is 11.5. The second-order valence-electron chi connectivity index (χ2n) is 8.06. The second kappa shape index (κ2) is 13.2. The third-order valence-electron chi connectivity index (χ3n) is 5.74. The lowest BCUT2D eigenvalue weighted by atomic mass is 10.1. The Morgan fingerprint density at radius 1 is 0.897 bits per heavy atom. The molecular formula is C25H39N2O2+. The molecule has 1 heterocycles. The van der Waals surface area contributed by atoms with Gasteiger partial charge in [0.25, 0.3) is 5.82 Å². The van der Waals surface area contributed by atoms with E-state index in [2.05, 4.69) is 35.4 Å². The van der Waals surface area contributed by atoms with Gasteiger partial charge in [-0.3, -0.25) is 0 Å². The van der Waals surface area contributed by atoms with Crippen LogP contribution in [0.1, 0.15) is 99.8 Å². The van der Waals surface area contributed by atoms with E-state index in [-0.39, 0.29) is 0 Å². The number of rotatable bonds is 15. The van der Waals surface area contributed by atoms with Gasteiger partial charge in [-0.05, 0) is 31.0 Å². The smallest absolute Gasteiger partial charge is 0.335 e. The minimum absolute atomic E-state index is 0.343. The van der Waals surface area contributed by atoms with Crippen LogP contribution >= 0.6 is 0 Å². The number of imidazole rings is 1. The minimum atomic E-state index is -0.872. The van der Waals surface area contributed by atoms with E-state index in [0.717, 1.165) is 25.1 Å². The number of carboxylic acid groups (broad SMARTS) is 1. The first kappa shape index (κ1) is 23.2. The fraction of sp³-hybridized carbons (Fsp3) is 0.600. The normalized spacial score (nSPS) is 11.1. The maximum absolute atomic E-state index is 11.0. The van der Waals surface area contributed by atoms with Crippen molar-refractivity contribution in [1.82, 2.24) is 4.57 Å². The van der Waals surface area contributed by atoms with Gasteiger partial charge in [-0.25, -0.2) is 13.9 Å². The van der Waals surface area contributed by atoms with E-state index < -0.39 is 5.97 Å². The Balaban J connectivity index is 1.77. The van der Waals surface area contributed by atoms with Crippen molar-refractivity contribution in [2.45, 2.75) is 97.6 Å². The van der Waals surface area contributed by atoms with Crippen LogP contribution in [0.5, 0.6) is 0 Å². The Bertz CT molecular complexity index is 719. The molecule has 2 aromatic rings. The maximum Gasteiger partial charge on any atom is 0.335 e. The molecule has 0 aliphatic heterocycles. The molecule has 0 atom stereocenters. The molecule has 0 fully saturated rings. The molecule has 0 amide bonds. The molecule has 0 saturated carbocycles. The monoisotopic (exact) mass is 399 g/mol. The molecule has 0 saturated heterocycles. The van der Waals surface area contributed by atoms with Crippen LogP contribution in [-0.4, -0.2) is 15.6 Å². The molecule has 160 valence electrons. The van der Waals surface area contributed by atoms with Gasteiger partial charge in [-0.15, -0.1) is 0 Å². The van der Waals surface area contributed by atoms with Crippen molar-refractivity contribution in [3.05, 3.63) is 53.6 Å². The van der Waals surface area contributed by atoms with Crippen LogP contribution in [0, 0.1) is 0 Å². The minimum Gasteiger partial charge on any atom is -0.478 e. The lowest BCUT2D eigenvalue weighted by Gasteiger charge is -2.06. The number of unbranched alkanes of at least 4 members (excludes halogenated alkanes) is 9. The average molecular weight is 400 g/mol. The highest BCUT2D eigenvalue weighted by Crippen LogP contribution is 2.12. The van der Waals surface area contributed by atoms with Gasteiger partial charge in [0.2, 0.25) is 0 Å². The highest BCUT2D eigenvalue weighted by molar-refractivity contribution is 5.87. The van der Waals surface area contributed by atoms with Crippen molar-refractivity contribution in [2.75, 3.05) is 0 Å². The molecule has 0 spiro atoms. The molecule has 1 N–H and O–H groups in total. The molecule has 4 heteroatoms. The fourth-order valence-corrected chi connectivity index (χ4v) is 3.94. The van der Waals surface area contributed by atoms with Crippen molar-refractivity contribution in [1.29, 1.82) is 0 Å². The van der Waals surface area contributed by atoms with Gasteiger partial charge in [-0.1, -0.05) is 76.8 Å². The highest BCUT2D eigenvalue weighted by atomic mass is 16.4. The number of aromatic nitrogens is 2. The predicted octanol–water partition coefficient (Wildman–Crippen LogP) is 6.01. The number of hydrogen-bond donors (Lipinski definition) is 1. The molecular weight excluding hydrogens is 360 g/mol. The molecule has 1 aromatic carbocycles. The van der Waals surface area contributed by atoms with Crippen LogP contribution in [0.25, 0.3) is 0 Å². The molecule has 0 aliphatic carbocycles. The van der Waals surface area contributed by atoms with Crippen molar-refractivity contribution >= 4 is 5.97 Å². The van der Waals surface area contributed by atoms with Gasteiger partial charge in [0.05, 0.1) is 12.1 Å². The van der Waals surface area contributed by atoms with Gasteiger partial charge in [-0.2, -0.15) is 0 Å². The second-order valence-corrected chi connectivity index (χ2v) is 8.06. The van der Waals surface area contributed by atoms with Crippen LogP contribution in [-0.2, 0) is 19.5 Å². The number of carbonyl (C=O) groups is 1. The van der Waals surface area contributed by atoms with E-state index in [4.69, 9.17) is 5.11 Å². The standard InChI is InChI=1S/C25H38N2O2/c1-3-5-6-7-8-9-10-11-12-13-14-24-26(4-2)19-20-27(24)21-22-15-17-23(18-16-22)25(28)29/h15-20H,3-14,21H2,1-2H3/p+1. The van der Waals surface area contributed by atoms with Crippen molar-refractivity contribution in [3.8, 4) is 0 Å². The lowest BCUT2D eigenvalue weighted by Crippen LogP contribution is -2.37. The number of nitrogens with zero attached hydrogens (tertiary/aromatic N) is 2. The number of hydrogen-bond acceptors (Lipinski definition) is 1. The summed E-state index contributed by atoms with van der Waals surface area (Å²) in [6.07, 6.45) is 19.0. The number of aryl methyl sites for hydroxylation is 1. The van der Waals surface area contributed by atoms with E-state index in [9.17, 15) is 4.79 Å². The zero-order valence-electron chi connectivity index (χ0n) is 18.4. The van der Waals surface area contributed by atoms with Crippen molar-refractivity contribution in [3.63, 3.8) is 0 Å². The summed E-state index contributed by atoms with van der Waals surface area (Å²) in [6.45, 7) is 6.24. The average Bonchev–Trinajstić information content (AvgIpc) is 3.11. The summed E-state index contributed by atoms with van der Waals surface area (Å²) in [6, 6.07) is 7.22. The first-order valence-corrected chi connectivity index (χ1v) is 11.5. The van der Waals surface area contributed by atoms with Gasteiger partial charge in [0, 0.05) is 6.42 Å². The van der Waals surface area contributed by atoms with E-state index in [1.165, 1.54) is 70.0 Å². The molecule has 1 aromatic heterocycles. The first-order chi connectivity index (χ1) is 14.2. The molecule has 0 radical (unpaired) electrons. The summed E-state index contributed by atoms with van der Waals surface area (Å²) >= 11 is 0. The van der Waals surface area contributed by atoms with E-state index in [1.54, 1.807) is 12.1 Å². The van der Waals surface area contributed by atoms with E-state index in [0.29, 0.717) is 5.56 Å². The Kier molecular flexibility index (Phi) is 10.5. The van der Waals surface area contributed by atoms with Crippen molar-refractivity contribution < 1.29 is 14.5 Å². The molecule has 0 aliphatic rings. The molecule has 0 bridgehead atoms. The summed E-state index contributed by atoms with van der Waals surface area (Å²) in [5.74, 6) is 0.498. The summed E-state index contributed by atoms with van der Waals surface area (Å²) in [7, 11) is 0. The Hall–Kier alpha value is -2.10. The van der Waals surface area contributed by atoms with Crippen LogP contribution in [0.4, 0.5) is 0 Å². The van der Waals surface area contributed by atoms with Crippen LogP contribution in [0.15, 0.2) is 36.7 Å². The van der Waals surface area contributed by atoms with Gasteiger partial charge < -0.3 is 5.11 Å². The summed E-state index contributed by atoms with van der Waals surface area (Å²) in [5.41, 5.74) is 1.48. The van der Waals surface area contributed by atoms with E-state index >= 15 is 0 Å². The molecule has 29 heavy (non-hydrogen) atoms. The third kappa shape index (κ3) is 8.04. The van der Waals surface area contributed by atoms with Gasteiger partial charge >= 0.3 is 5.97 Å². The zero-order chi connectivity index (χ0) is 20.9. The third-order valence-corrected chi connectivity index (χ3v) is 5.74. The summed E-state index contributed by atoms with van der Waals surface area (Å²) < 4.78 is 4.65. The predicted molar refractivity (Wildman–Crippen MR) is 118 cm³/mol. The molecule has 4 nitrogen and oxygen atoms in total. The molecule has 2 rings (SSSR count). The number of aromatic carboxylic acids is 1. The van der Waals surface area contributed by atoms with Crippen LogP contribution in [0.2, 0.25) is 0 Å². The Labute approximate surface area is 176 Å². The lowest BCUT2D eigenvalue weighted by molar-refractivity contribution is -0.695. The van der Waals surface area contributed by atoms with Gasteiger partial charge in [0.1, 0.15) is 18.9 Å². The quantitative estimate of drug-likeness (QED) is 0.295. The van der Waals surface area contributed by atoms with Gasteiger partial charge in [0.15, 0.2) is 0 Å². The zero-order valence-corrected chi connectivity index (χ0v) is 18.4. The van der Waals surface area contributed by atoms with Crippen LogP contribution < -0.4 is 4.57 Å². The topological polar surface area (TPSA) is 46.1 Å². The summed E-state index contributed by atoms with van der Waals surface area (Å²) in [4.78, 5) is 11.0. The SMILES string of the molecule is CCCCCCCCCCCCc1n(CC)cc[n+]1Cc1ccc(C(=O)O)cc1. The fourth-order valence-electron chi connectivity index (χ4n) is 3.94. The number of carboxylic acids is 1. The van der Waals surface area contributed by atoms with Crippen molar-refractivity contribution in [2.24, 2.45) is 0 Å². The molecule has 0 unspecified atom stereocenters. The van der Waals surface area contributed by atoms with E-state index in [1.807, 2.05) is 12.1 Å². The Morgan fingerprint density at radius 3 is 2.03 bits per heavy atom. The number of benzene rings is 1.